The molecule has 0 saturated carbocycles. The average Bonchev–Trinajstić information content (AvgIpc) is 3.11. The summed E-state index contributed by atoms with van der Waals surface area (Å²) < 4.78 is 8.68. The van der Waals surface area contributed by atoms with Crippen molar-refractivity contribution in [1.29, 1.82) is 0 Å². The number of hydrogen-bond donors (Lipinski definition) is 1. The number of amides is 1. The van der Waals surface area contributed by atoms with E-state index in [1.54, 1.807) is 34.9 Å². The monoisotopic (exact) mass is 338 g/mol. The van der Waals surface area contributed by atoms with E-state index >= 15 is 0 Å². The number of benzene rings is 1. The number of carbonyl (C=O) groups is 1. The predicted octanol–water partition coefficient (Wildman–Crippen LogP) is 1.36. The third-order valence-electron chi connectivity index (χ3n) is 3.64. The highest BCUT2D eigenvalue weighted by Crippen LogP contribution is 2.21. The van der Waals surface area contributed by atoms with E-state index in [0.717, 1.165) is 17.0 Å². The Hall–Kier alpha value is -3.35. The minimum absolute atomic E-state index is 0.0830. The molecule has 2 aromatic heterocycles. The third-order valence-corrected chi connectivity index (χ3v) is 3.64. The number of nitrogens with one attached hydrogen (secondary N) is 1. The van der Waals surface area contributed by atoms with Crippen molar-refractivity contribution in [1.82, 2.24) is 19.7 Å². The van der Waals surface area contributed by atoms with Gasteiger partial charge in [-0.3, -0.25) is 9.59 Å². The molecule has 0 radical (unpaired) electrons. The normalized spacial score (nSPS) is 10.4. The van der Waals surface area contributed by atoms with Crippen molar-refractivity contribution in [3.63, 3.8) is 0 Å². The fourth-order valence-electron chi connectivity index (χ4n) is 2.37. The number of pyridine rings is 1. The van der Waals surface area contributed by atoms with Crippen LogP contribution < -0.4 is 15.5 Å². The molecule has 1 amide bonds. The van der Waals surface area contributed by atoms with Crippen LogP contribution in [0.15, 0.2) is 66.0 Å². The molecule has 1 aromatic carbocycles. The molecular formula is C18H18N4O3. The quantitative estimate of drug-likeness (QED) is 0.736. The third kappa shape index (κ3) is 4.14. The molecule has 0 aliphatic carbocycles. The molecule has 0 aliphatic rings. The van der Waals surface area contributed by atoms with Gasteiger partial charge in [-0.25, -0.2) is 4.68 Å². The maximum atomic E-state index is 12.0. The molecule has 7 nitrogen and oxygen atoms in total. The highest BCUT2D eigenvalue weighted by molar-refractivity contribution is 5.75. The van der Waals surface area contributed by atoms with Gasteiger partial charge < -0.3 is 14.6 Å². The highest BCUT2D eigenvalue weighted by Gasteiger charge is 2.07. The lowest BCUT2D eigenvalue weighted by atomic mass is 10.3. The average molecular weight is 338 g/mol. The van der Waals surface area contributed by atoms with Crippen molar-refractivity contribution in [2.24, 2.45) is 0 Å². The van der Waals surface area contributed by atoms with Gasteiger partial charge in [0.2, 0.25) is 5.91 Å². The Morgan fingerprint density at radius 2 is 1.96 bits per heavy atom. The number of ether oxygens (including phenoxy) is 1. The maximum absolute atomic E-state index is 12.0. The second kappa shape index (κ2) is 7.48. The van der Waals surface area contributed by atoms with Gasteiger partial charge in [-0.15, -0.1) is 0 Å². The summed E-state index contributed by atoms with van der Waals surface area (Å²) in [5, 5.41) is 7.15. The van der Waals surface area contributed by atoms with E-state index in [0.29, 0.717) is 6.54 Å². The Balaban J connectivity index is 1.61. The molecule has 25 heavy (non-hydrogen) atoms. The van der Waals surface area contributed by atoms with Crippen LogP contribution in [0.25, 0.3) is 5.69 Å². The zero-order valence-corrected chi connectivity index (χ0v) is 13.8. The number of rotatable bonds is 6. The summed E-state index contributed by atoms with van der Waals surface area (Å²) in [7, 11) is 1.61. The molecule has 128 valence electrons. The molecule has 0 saturated heterocycles. The van der Waals surface area contributed by atoms with Crippen molar-refractivity contribution in [2.75, 3.05) is 7.11 Å². The van der Waals surface area contributed by atoms with Crippen LogP contribution in [0.1, 0.15) is 5.56 Å². The number of aromatic nitrogens is 3. The Kier molecular flexibility index (Phi) is 4.94. The van der Waals surface area contributed by atoms with Crippen LogP contribution in [0.5, 0.6) is 5.75 Å². The summed E-state index contributed by atoms with van der Waals surface area (Å²) in [5.41, 5.74) is 1.62. The topological polar surface area (TPSA) is 78.1 Å². The molecule has 2 heterocycles. The van der Waals surface area contributed by atoms with Gasteiger partial charge in [-0.1, -0.05) is 12.1 Å². The predicted molar refractivity (Wildman–Crippen MR) is 92.7 cm³/mol. The minimum atomic E-state index is -0.145. The first-order valence-electron chi connectivity index (χ1n) is 7.75. The van der Waals surface area contributed by atoms with Crippen molar-refractivity contribution in [3.05, 3.63) is 77.0 Å². The number of hydrogen-bond acceptors (Lipinski definition) is 4. The van der Waals surface area contributed by atoms with Crippen LogP contribution in [0.3, 0.4) is 0 Å². The first kappa shape index (κ1) is 16.5. The van der Waals surface area contributed by atoms with Gasteiger partial charge in [-0.2, -0.15) is 5.10 Å². The lowest BCUT2D eigenvalue weighted by Gasteiger charge is -2.08. The second-order valence-corrected chi connectivity index (χ2v) is 5.45. The van der Waals surface area contributed by atoms with Gasteiger partial charge in [0.25, 0.3) is 0 Å². The fourth-order valence-corrected chi connectivity index (χ4v) is 2.37. The molecule has 0 atom stereocenters. The fraction of sp³-hybridized carbons (Fsp3) is 0.167. The maximum Gasteiger partial charge on any atom is 0.240 e. The molecule has 3 rings (SSSR count). The molecule has 1 N–H and O–H groups in total. The molecule has 3 aromatic rings. The Morgan fingerprint density at radius 3 is 2.72 bits per heavy atom. The van der Waals surface area contributed by atoms with Crippen molar-refractivity contribution < 1.29 is 9.53 Å². The summed E-state index contributed by atoms with van der Waals surface area (Å²) in [4.78, 5) is 23.0. The zero-order valence-electron chi connectivity index (χ0n) is 13.8. The second-order valence-electron chi connectivity index (χ2n) is 5.45. The molecule has 0 fully saturated rings. The van der Waals surface area contributed by atoms with Gasteiger partial charge >= 0.3 is 0 Å². The van der Waals surface area contributed by atoms with Crippen LogP contribution in [-0.2, 0) is 17.9 Å². The largest absolute Gasteiger partial charge is 0.494 e. The van der Waals surface area contributed by atoms with Crippen LogP contribution in [0, 0.1) is 0 Å². The van der Waals surface area contributed by atoms with Gasteiger partial charge in [0, 0.05) is 42.8 Å². The highest BCUT2D eigenvalue weighted by atomic mass is 16.5. The SMILES string of the molecule is COc1ccccc1-n1cc(CNC(=O)Cn2ccc(=O)cc2)cn1. The van der Waals surface area contributed by atoms with Crippen LogP contribution in [0.2, 0.25) is 0 Å². The first-order chi connectivity index (χ1) is 12.2. The van der Waals surface area contributed by atoms with E-state index < -0.39 is 0 Å². The van der Waals surface area contributed by atoms with Crippen molar-refractivity contribution >= 4 is 5.91 Å². The lowest BCUT2D eigenvalue weighted by Crippen LogP contribution is -2.27. The van der Waals surface area contributed by atoms with Crippen LogP contribution in [0.4, 0.5) is 0 Å². The molecule has 0 aliphatic heterocycles. The van der Waals surface area contributed by atoms with E-state index in [9.17, 15) is 9.59 Å². The van der Waals surface area contributed by atoms with E-state index in [4.69, 9.17) is 4.74 Å². The summed E-state index contributed by atoms with van der Waals surface area (Å²) in [6.45, 7) is 0.523. The molecule has 0 unspecified atom stereocenters. The summed E-state index contributed by atoms with van der Waals surface area (Å²) in [5.74, 6) is 0.577. The number of carbonyl (C=O) groups excluding carboxylic acids is 1. The lowest BCUT2D eigenvalue weighted by molar-refractivity contribution is -0.121. The zero-order chi connectivity index (χ0) is 17.6. The van der Waals surface area contributed by atoms with E-state index in [2.05, 4.69) is 10.4 Å². The Bertz CT molecular complexity index is 909. The van der Waals surface area contributed by atoms with E-state index in [-0.39, 0.29) is 17.9 Å². The Morgan fingerprint density at radius 1 is 1.20 bits per heavy atom. The Labute approximate surface area is 144 Å². The molecular weight excluding hydrogens is 320 g/mol. The summed E-state index contributed by atoms with van der Waals surface area (Å²) in [6, 6.07) is 10.4. The van der Waals surface area contributed by atoms with E-state index in [1.165, 1.54) is 12.1 Å². The number of methoxy groups -OCH3 is 1. The smallest absolute Gasteiger partial charge is 0.240 e. The van der Waals surface area contributed by atoms with Gasteiger partial charge in [0.15, 0.2) is 5.43 Å². The minimum Gasteiger partial charge on any atom is -0.494 e. The van der Waals surface area contributed by atoms with Gasteiger partial charge in [0.1, 0.15) is 18.0 Å². The summed E-state index contributed by atoms with van der Waals surface area (Å²) in [6.07, 6.45) is 6.72. The van der Waals surface area contributed by atoms with E-state index in [1.807, 2.05) is 30.5 Å². The van der Waals surface area contributed by atoms with Crippen molar-refractivity contribution in [3.8, 4) is 11.4 Å². The molecule has 0 bridgehead atoms. The van der Waals surface area contributed by atoms with Gasteiger partial charge in [0.05, 0.1) is 13.3 Å². The van der Waals surface area contributed by atoms with Crippen molar-refractivity contribution in [2.45, 2.75) is 13.1 Å². The molecule has 0 spiro atoms. The van der Waals surface area contributed by atoms with Crippen LogP contribution in [-0.4, -0.2) is 27.4 Å². The standard InChI is InChI=1S/C18H18N4O3/c1-25-17-5-3-2-4-16(17)22-12-14(11-20-22)10-19-18(24)13-21-8-6-15(23)7-9-21/h2-9,11-12H,10,13H2,1H3,(H,19,24). The van der Waals surface area contributed by atoms with Crippen LogP contribution >= 0.6 is 0 Å². The van der Waals surface area contributed by atoms with Gasteiger partial charge in [-0.05, 0) is 12.1 Å². The summed E-state index contributed by atoms with van der Waals surface area (Å²) >= 11 is 0. The first-order valence-corrected chi connectivity index (χ1v) is 7.75. The molecule has 7 heteroatoms. The number of nitrogens with zero attached hydrogens (tertiary/aromatic N) is 3. The number of para-hydroxylation sites is 2.